The quantitative estimate of drug-likeness (QED) is 0.643. The molecule has 0 unspecified atom stereocenters. The number of aromatic nitrogens is 1. The number of carbonyl (C=O) groups is 1. The molecule has 0 saturated carbocycles. The number of rotatable bonds is 7. The third-order valence-corrected chi connectivity index (χ3v) is 5.86. The predicted octanol–water partition coefficient (Wildman–Crippen LogP) is 4.01. The molecule has 0 aliphatic carbocycles. The summed E-state index contributed by atoms with van der Waals surface area (Å²) in [5.41, 5.74) is 4.03. The van der Waals surface area contributed by atoms with Gasteiger partial charge in [-0.25, -0.2) is 4.98 Å². The summed E-state index contributed by atoms with van der Waals surface area (Å²) in [5, 5.41) is 5.65. The SMILES string of the molecule is O=C(Nc1nc(CN2CCOCC2)cs1)c1ccccc1CCc1ccccc1. The minimum absolute atomic E-state index is 0.0964. The van der Waals surface area contributed by atoms with Gasteiger partial charge in [0.15, 0.2) is 5.13 Å². The van der Waals surface area contributed by atoms with E-state index in [9.17, 15) is 4.79 Å². The lowest BCUT2D eigenvalue weighted by atomic mass is 9.99. The summed E-state index contributed by atoms with van der Waals surface area (Å²) >= 11 is 1.48. The highest BCUT2D eigenvalue weighted by molar-refractivity contribution is 7.14. The zero-order chi connectivity index (χ0) is 19.9. The molecular weight excluding hydrogens is 382 g/mol. The van der Waals surface area contributed by atoms with Gasteiger partial charge in [0.25, 0.3) is 5.91 Å². The molecule has 1 aliphatic rings. The van der Waals surface area contributed by atoms with Crippen molar-refractivity contribution in [1.29, 1.82) is 0 Å². The Hall–Kier alpha value is -2.54. The Labute approximate surface area is 175 Å². The van der Waals surface area contributed by atoms with Crippen LogP contribution in [0.4, 0.5) is 5.13 Å². The molecule has 150 valence electrons. The molecule has 3 aromatic rings. The summed E-state index contributed by atoms with van der Waals surface area (Å²) in [5.74, 6) is -0.0964. The first-order chi connectivity index (χ1) is 14.3. The van der Waals surface area contributed by atoms with Crippen LogP contribution in [0.2, 0.25) is 0 Å². The fourth-order valence-electron chi connectivity index (χ4n) is 3.47. The number of hydrogen-bond donors (Lipinski definition) is 1. The number of benzene rings is 2. The van der Waals surface area contributed by atoms with E-state index in [0.29, 0.717) is 10.7 Å². The molecule has 1 aromatic heterocycles. The average molecular weight is 408 g/mol. The monoisotopic (exact) mass is 407 g/mol. The molecule has 2 aromatic carbocycles. The van der Waals surface area contributed by atoms with Gasteiger partial charge in [-0.1, -0.05) is 48.5 Å². The highest BCUT2D eigenvalue weighted by Gasteiger charge is 2.15. The van der Waals surface area contributed by atoms with Crippen LogP contribution < -0.4 is 5.32 Å². The topological polar surface area (TPSA) is 54.5 Å². The van der Waals surface area contributed by atoms with Gasteiger partial charge in [-0.2, -0.15) is 0 Å². The van der Waals surface area contributed by atoms with Gasteiger partial charge in [-0.3, -0.25) is 15.0 Å². The van der Waals surface area contributed by atoms with Gasteiger partial charge in [0.2, 0.25) is 0 Å². The fourth-order valence-corrected chi connectivity index (χ4v) is 4.17. The Morgan fingerprint density at radius 3 is 2.62 bits per heavy atom. The molecule has 0 radical (unpaired) electrons. The Balaban J connectivity index is 1.38. The number of thiazole rings is 1. The molecule has 1 saturated heterocycles. The number of ether oxygens (including phenoxy) is 1. The summed E-state index contributed by atoms with van der Waals surface area (Å²) in [4.78, 5) is 19.8. The summed E-state index contributed by atoms with van der Waals surface area (Å²) in [6.07, 6.45) is 1.74. The maximum atomic E-state index is 12.9. The maximum Gasteiger partial charge on any atom is 0.257 e. The van der Waals surface area contributed by atoms with Crippen molar-refractivity contribution in [2.24, 2.45) is 0 Å². The zero-order valence-electron chi connectivity index (χ0n) is 16.3. The van der Waals surface area contributed by atoms with Gasteiger partial charge in [0, 0.05) is 30.6 Å². The highest BCUT2D eigenvalue weighted by Crippen LogP contribution is 2.20. The second-order valence-corrected chi connectivity index (χ2v) is 7.99. The van der Waals surface area contributed by atoms with Crippen LogP contribution in [0.5, 0.6) is 0 Å². The molecule has 0 bridgehead atoms. The molecule has 0 atom stereocenters. The average Bonchev–Trinajstić information content (AvgIpc) is 3.20. The van der Waals surface area contributed by atoms with Gasteiger partial charge in [0.1, 0.15) is 0 Å². The molecule has 2 heterocycles. The van der Waals surface area contributed by atoms with Crippen molar-refractivity contribution in [3.8, 4) is 0 Å². The Bertz CT molecular complexity index is 936. The van der Waals surface area contributed by atoms with E-state index in [0.717, 1.165) is 56.9 Å². The van der Waals surface area contributed by atoms with Crippen LogP contribution in [0.15, 0.2) is 60.0 Å². The van der Waals surface area contributed by atoms with E-state index in [4.69, 9.17) is 4.74 Å². The lowest BCUT2D eigenvalue weighted by Crippen LogP contribution is -2.35. The smallest absolute Gasteiger partial charge is 0.257 e. The largest absolute Gasteiger partial charge is 0.379 e. The second-order valence-electron chi connectivity index (χ2n) is 7.13. The number of carbonyl (C=O) groups excluding carboxylic acids is 1. The van der Waals surface area contributed by atoms with Crippen molar-refractivity contribution in [2.75, 3.05) is 31.6 Å². The first-order valence-corrected chi connectivity index (χ1v) is 10.8. The lowest BCUT2D eigenvalue weighted by Gasteiger charge is -2.25. The summed E-state index contributed by atoms with van der Waals surface area (Å²) in [6, 6.07) is 18.2. The Morgan fingerprint density at radius 2 is 1.79 bits per heavy atom. The summed E-state index contributed by atoms with van der Waals surface area (Å²) in [6.45, 7) is 4.19. The van der Waals surface area contributed by atoms with E-state index in [2.05, 4.69) is 27.3 Å². The number of morpholine rings is 1. The Kier molecular flexibility index (Phi) is 6.67. The first kappa shape index (κ1) is 19.8. The Morgan fingerprint density at radius 1 is 1.03 bits per heavy atom. The van der Waals surface area contributed by atoms with Gasteiger partial charge in [-0.15, -0.1) is 11.3 Å². The van der Waals surface area contributed by atoms with Crippen LogP contribution in [0, 0.1) is 0 Å². The van der Waals surface area contributed by atoms with Crippen LogP contribution in [0.3, 0.4) is 0 Å². The van der Waals surface area contributed by atoms with Crippen molar-refractivity contribution in [3.05, 3.63) is 82.4 Å². The third kappa shape index (κ3) is 5.50. The summed E-state index contributed by atoms with van der Waals surface area (Å²) in [7, 11) is 0. The van der Waals surface area contributed by atoms with Crippen LogP contribution in [-0.2, 0) is 24.1 Å². The first-order valence-electron chi connectivity index (χ1n) is 9.95. The van der Waals surface area contributed by atoms with Crippen molar-refractivity contribution in [3.63, 3.8) is 0 Å². The number of nitrogens with one attached hydrogen (secondary N) is 1. The van der Waals surface area contributed by atoms with Crippen molar-refractivity contribution in [2.45, 2.75) is 19.4 Å². The molecule has 0 spiro atoms. The molecule has 1 N–H and O–H groups in total. The second kappa shape index (κ2) is 9.78. The fraction of sp³-hybridized carbons (Fsp3) is 0.304. The summed E-state index contributed by atoms with van der Waals surface area (Å²) < 4.78 is 5.39. The van der Waals surface area contributed by atoms with E-state index < -0.39 is 0 Å². The lowest BCUT2D eigenvalue weighted by molar-refractivity contribution is 0.0337. The minimum atomic E-state index is -0.0964. The molecule has 5 nitrogen and oxygen atoms in total. The maximum absolute atomic E-state index is 12.9. The standard InChI is InChI=1S/C23H25N3O2S/c27-22(25-23-24-20(17-29-23)16-26-12-14-28-15-13-26)21-9-5-4-8-19(21)11-10-18-6-2-1-3-7-18/h1-9,17H,10-16H2,(H,24,25,27). The molecule has 29 heavy (non-hydrogen) atoms. The zero-order valence-corrected chi connectivity index (χ0v) is 17.2. The van der Waals surface area contributed by atoms with Crippen LogP contribution in [0.1, 0.15) is 27.2 Å². The molecule has 1 aliphatic heterocycles. The van der Waals surface area contributed by atoms with E-state index in [-0.39, 0.29) is 5.91 Å². The van der Waals surface area contributed by atoms with Crippen molar-refractivity contribution >= 4 is 22.4 Å². The molecule has 1 amide bonds. The van der Waals surface area contributed by atoms with E-state index in [1.165, 1.54) is 16.9 Å². The molecule has 1 fully saturated rings. The third-order valence-electron chi connectivity index (χ3n) is 5.05. The number of hydrogen-bond acceptors (Lipinski definition) is 5. The van der Waals surface area contributed by atoms with Crippen molar-refractivity contribution < 1.29 is 9.53 Å². The van der Waals surface area contributed by atoms with E-state index in [1.807, 2.05) is 47.8 Å². The van der Waals surface area contributed by atoms with Gasteiger partial charge < -0.3 is 4.74 Å². The molecule has 6 heteroatoms. The van der Waals surface area contributed by atoms with E-state index in [1.54, 1.807) is 0 Å². The van der Waals surface area contributed by atoms with Crippen molar-refractivity contribution in [1.82, 2.24) is 9.88 Å². The highest BCUT2D eigenvalue weighted by atomic mass is 32.1. The number of amides is 1. The predicted molar refractivity (Wildman–Crippen MR) is 116 cm³/mol. The molecular formula is C23H25N3O2S. The van der Waals surface area contributed by atoms with Crippen LogP contribution >= 0.6 is 11.3 Å². The van der Waals surface area contributed by atoms with Gasteiger partial charge in [-0.05, 0) is 30.0 Å². The molecule has 4 rings (SSSR count). The number of aryl methyl sites for hydroxylation is 2. The van der Waals surface area contributed by atoms with Gasteiger partial charge in [0.05, 0.1) is 18.9 Å². The van der Waals surface area contributed by atoms with Gasteiger partial charge >= 0.3 is 0 Å². The number of anilines is 1. The van der Waals surface area contributed by atoms with E-state index >= 15 is 0 Å². The number of nitrogens with zero attached hydrogens (tertiary/aromatic N) is 2. The van der Waals surface area contributed by atoms with Crippen LogP contribution in [-0.4, -0.2) is 42.1 Å². The minimum Gasteiger partial charge on any atom is -0.379 e. The normalized spacial score (nSPS) is 14.6. The van der Waals surface area contributed by atoms with Crippen LogP contribution in [0.25, 0.3) is 0 Å².